The summed E-state index contributed by atoms with van der Waals surface area (Å²) in [4.78, 5) is 12.4. The molecule has 1 aromatic carbocycles. The van der Waals surface area contributed by atoms with Crippen molar-refractivity contribution in [2.75, 3.05) is 13.1 Å². The minimum Gasteiger partial charge on any atom is -0.347 e. The van der Waals surface area contributed by atoms with Gasteiger partial charge in [0.15, 0.2) is 5.69 Å². The maximum atomic E-state index is 12.4. The highest BCUT2D eigenvalue weighted by Gasteiger charge is 2.21. The number of rotatable bonds is 3. The third-order valence-corrected chi connectivity index (χ3v) is 4.29. The minimum absolute atomic E-state index is 0. The third kappa shape index (κ3) is 4.10. The van der Waals surface area contributed by atoms with E-state index in [2.05, 4.69) is 36.9 Å². The van der Waals surface area contributed by atoms with Gasteiger partial charge in [-0.2, -0.15) is 0 Å². The lowest BCUT2D eigenvalue weighted by Crippen LogP contribution is -2.45. The van der Waals surface area contributed by atoms with Gasteiger partial charge in [0, 0.05) is 17.1 Å². The Hall–Kier alpha value is -1.44. The molecule has 1 atom stereocenters. The highest BCUT2D eigenvalue weighted by molar-refractivity contribution is 9.10. The first-order chi connectivity index (χ1) is 10.6. The van der Waals surface area contributed by atoms with Gasteiger partial charge in [-0.05, 0) is 44.5 Å². The van der Waals surface area contributed by atoms with Crippen LogP contribution in [0.3, 0.4) is 0 Å². The number of amides is 1. The van der Waals surface area contributed by atoms with Crippen LogP contribution in [0.1, 0.15) is 29.0 Å². The Bertz CT molecular complexity index is 684. The average molecular weight is 401 g/mol. The molecule has 1 aliphatic rings. The first-order valence-electron chi connectivity index (χ1n) is 7.35. The average Bonchev–Trinajstić information content (AvgIpc) is 2.90. The Morgan fingerprint density at radius 3 is 3.00 bits per heavy atom. The molecule has 0 aliphatic carbocycles. The topological polar surface area (TPSA) is 71.8 Å². The number of nitrogens with one attached hydrogen (secondary N) is 2. The van der Waals surface area contributed by atoms with Crippen molar-refractivity contribution in [1.82, 2.24) is 25.6 Å². The van der Waals surface area contributed by atoms with Gasteiger partial charge >= 0.3 is 0 Å². The summed E-state index contributed by atoms with van der Waals surface area (Å²) in [6.45, 7) is 3.68. The largest absolute Gasteiger partial charge is 0.347 e. The molecule has 1 aliphatic heterocycles. The van der Waals surface area contributed by atoms with Gasteiger partial charge < -0.3 is 10.6 Å². The van der Waals surface area contributed by atoms with Crippen LogP contribution in [0.2, 0.25) is 0 Å². The second-order valence-electron chi connectivity index (χ2n) is 5.43. The minimum atomic E-state index is -0.160. The van der Waals surface area contributed by atoms with Gasteiger partial charge in [0.2, 0.25) is 0 Å². The number of carbonyl (C=O) groups is 1. The zero-order valence-corrected chi connectivity index (χ0v) is 15.2. The summed E-state index contributed by atoms with van der Waals surface area (Å²) in [5, 5.41) is 14.5. The predicted molar refractivity (Wildman–Crippen MR) is 94.4 cm³/mol. The lowest BCUT2D eigenvalue weighted by atomic mass is 10.1. The van der Waals surface area contributed by atoms with Gasteiger partial charge in [-0.15, -0.1) is 17.5 Å². The normalized spacial score (nSPS) is 17.4. The number of aromatic nitrogens is 3. The van der Waals surface area contributed by atoms with E-state index in [0.29, 0.717) is 5.69 Å². The number of nitrogens with zero attached hydrogens (tertiary/aromatic N) is 3. The van der Waals surface area contributed by atoms with Crippen molar-refractivity contribution in [3.05, 3.63) is 40.1 Å². The fraction of sp³-hybridized carbons (Fsp3) is 0.400. The summed E-state index contributed by atoms with van der Waals surface area (Å²) in [6.07, 6.45) is 2.08. The Morgan fingerprint density at radius 1 is 1.48 bits per heavy atom. The van der Waals surface area contributed by atoms with Gasteiger partial charge in [-0.25, -0.2) is 4.68 Å². The molecule has 8 heteroatoms. The second-order valence-corrected chi connectivity index (χ2v) is 6.35. The molecule has 2 aromatic rings. The van der Waals surface area contributed by atoms with Crippen LogP contribution in [0.15, 0.2) is 28.7 Å². The van der Waals surface area contributed by atoms with E-state index < -0.39 is 0 Å². The van der Waals surface area contributed by atoms with Crippen molar-refractivity contribution in [2.24, 2.45) is 0 Å². The summed E-state index contributed by atoms with van der Waals surface area (Å²) in [5.74, 6) is -0.160. The molecule has 0 bridgehead atoms. The molecule has 3 rings (SSSR count). The molecule has 1 amide bonds. The Morgan fingerprint density at radius 2 is 2.30 bits per heavy atom. The zero-order chi connectivity index (χ0) is 15.5. The van der Waals surface area contributed by atoms with Crippen molar-refractivity contribution in [2.45, 2.75) is 25.8 Å². The highest BCUT2D eigenvalue weighted by Crippen LogP contribution is 2.17. The maximum absolute atomic E-state index is 12.4. The highest BCUT2D eigenvalue weighted by atomic mass is 79.9. The third-order valence-electron chi connectivity index (χ3n) is 3.79. The first-order valence-corrected chi connectivity index (χ1v) is 8.14. The van der Waals surface area contributed by atoms with Crippen LogP contribution in [0.25, 0.3) is 5.69 Å². The van der Waals surface area contributed by atoms with Gasteiger partial charge in [-0.1, -0.05) is 27.2 Å². The van der Waals surface area contributed by atoms with Crippen LogP contribution < -0.4 is 10.6 Å². The molecule has 0 radical (unpaired) electrons. The molecule has 6 nitrogen and oxygen atoms in total. The van der Waals surface area contributed by atoms with E-state index in [-0.39, 0.29) is 24.4 Å². The lowest BCUT2D eigenvalue weighted by molar-refractivity contribution is 0.0925. The molecular weight excluding hydrogens is 382 g/mol. The Kier molecular flexibility index (Phi) is 6.15. The summed E-state index contributed by atoms with van der Waals surface area (Å²) >= 11 is 3.44. The molecule has 1 aromatic heterocycles. The quantitative estimate of drug-likeness (QED) is 0.829. The van der Waals surface area contributed by atoms with Gasteiger partial charge in [0.05, 0.1) is 11.4 Å². The van der Waals surface area contributed by atoms with E-state index in [4.69, 9.17) is 0 Å². The lowest BCUT2D eigenvalue weighted by Gasteiger charge is -2.23. The van der Waals surface area contributed by atoms with Crippen molar-refractivity contribution in [3.63, 3.8) is 0 Å². The van der Waals surface area contributed by atoms with Crippen LogP contribution in [0.4, 0.5) is 0 Å². The van der Waals surface area contributed by atoms with Crippen LogP contribution >= 0.6 is 28.3 Å². The zero-order valence-electron chi connectivity index (χ0n) is 12.8. The number of hydrogen-bond acceptors (Lipinski definition) is 4. The number of hydrogen-bond donors (Lipinski definition) is 2. The summed E-state index contributed by atoms with van der Waals surface area (Å²) in [7, 11) is 0. The van der Waals surface area contributed by atoms with Gasteiger partial charge in [0.25, 0.3) is 5.91 Å². The van der Waals surface area contributed by atoms with E-state index in [0.717, 1.165) is 41.8 Å². The number of piperidine rings is 1. The van der Waals surface area contributed by atoms with E-state index in [9.17, 15) is 4.79 Å². The fourth-order valence-electron chi connectivity index (χ4n) is 2.62. The van der Waals surface area contributed by atoms with Crippen molar-refractivity contribution < 1.29 is 4.79 Å². The van der Waals surface area contributed by atoms with Crippen molar-refractivity contribution >= 4 is 34.2 Å². The summed E-state index contributed by atoms with van der Waals surface area (Å²) < 4.78 is 2.64. The molecule has 1 fully saturated rings. The van der Waals surface area contributed by atoms with E-state index in [1.54, 1.807) is 4.68 Å². The molecule has 0 spiro atoms. The van der Waals surface area contributed by atoms with E-state index in [1.807, 2.05) is 31.2 Å². The molecule has 1 saturated heterocycles. The van der Waals surface area contributed by atoms with Gasteiger partial charge in [0.1, 0.15) is 0 Å². The molecule has 2 heterocycles. The van der Waals surface area contributed by atoms with Crippen LogP contribution in [0, 0.1) is 6.92 Å². The van der Waals surface area contributed by atoms with Crippen LogP contribution in [0.5, 0.6) is 0 Å². The second kappa shape index (κ2) is 7.90. The summed E-state index contributed by atoms with van der Waals surface area (Å²) in [6, 6.07) is 7.90. The number of carbonyl (C=O) groups excluding carboxylic acids is 1. The molecular formula is C15H19BrClN5O. The Balaban J connectivity index is 0.00000192. The predicted octanol–water partition coefficient (Wildman–Crippen LogP) is 2.24. The maximum Gasteiger partial charge on any atom is 0.274 e. The fourth-order valence-corrected chi connectivity index (χ4v) is 3.01. The van der Waals surface area contributed by atoms with Crippen molar-refractivity contribution in [3.8, 4) is 5.69 Å². The molecule has 0 unspecified atom stereocenters. The van der Waals surface area contributed by atoms with Crippen molar-refractivity contribution in [1.29, 1.82) is 0 Å². The Labute approximate surface area is 149 Å². The van der Waals surface area contributed by atoms with E-state index >= 15 is 0 Å². The standard InChI is InChI=1S/C15H18BrN5O.ClH/c1-10-14(15(22)18-12-5-3-7-17-9-12)19-20-21(10)13-6-2-4-11(16)8-13;/h2,4,6,8,12,17H,3,5,7,9H2,1H3,(H,18,22);1H/t12-;/m0./s1. The number of benzene rings is 1. The molecule has 124 valence electrons. The molecule has 2 N–H and O–H groups in total. The monoisotopic (exact) mass is 399 g/mol. The van der Waals surface area contributed by atoms with Gasteiger partial charge in [-0.3, -0.25) is 4.79 Å². The molecule has 0 saturated carbocycles. The van der Waals surface area contributed by atoms with Crippen LogP contribution in [-0.4, -0.2) is 40.0 Å². The first kappa shape index (κ1) is 17.9. The SMILES string of the molecule is Cc1c(C(=O)N[C@H]2CCCNC2)nnn1-c1cccc(Br)c1.Cl. The van der Waals surface area contributed by atoms with Crippen LogP contribution in [-0.2, 0) is 0 Å². The number of halogens is 2. The summed E-state index contributed by atoms with van der Waals surface area (Å²) in [5.41, 5.74) is 1.99. The smallest absolute Gasteiger partial charge is 0.274 e. The molecule has 23 heavy (non-hydrogen) atoms. The van der Waals surface area contributed by atoms with E-state index in [1.165, 1.54) is 0 Å².